The molecule has 0 radical (unpaired) electrons. The predicted molar refractivity (Wildman–Crippen MR) is 80.1 cm³/mol. The van der Waals surface area contributed by atoms with E-state index in [-0.39, 0.29) is 0 Å². The number of carboxylic acids is 1. The van der Waals surface area contributed by atoms with E-state index in [1.54, 1.807) is 6.92 Å². The molecule has 0 fully saturated rings. The zero-order chi connectivity index (χ0) is 15.6. The number of rotatable bonds is 12. The van der Waals surface area contributed by atoms with Gasteiger partial charge in [-0.25, -0.2) is 4.79 Å². The fourth-order valence-electron chi connectivity index (χ4n) is 2.37. The van der Waals surface area contributed by atoms with Crippen LogP contribution in [0.4, 0.5) is 0 Å². The summed E-state index contributed by atoms with van der Waals surface area (Å²) in [4.78, 5) is 22.4. The fourth-order valence-corrected chi connectivity index (χ4v) is 2.37. The second kappa shape index (κ2) is 9.75. The van der Waals surface area contributed by atoms with E-state index in [4.69, 9.17) is 16.6 Å². The maximum Gasteiger partial charge on any atom is 0.333 e. The summed E-state index contributed by atoms with van der Waals surface area (Å²) < 4.78 is 0. The van der Waals surface area contributed by atoms with Gasteiger partial charge in [0.15, 0.2) is 5.54 Å². The van der Waals surface area contributed by atoms with Crippen LogP contribution in [0.1, 0.15) is 71.6 Å². The van der Waals surface area contributed by atoms with Gasteiger partial charge < -0.3 is 16.6 Å². The summed E-state index contributed by atoms with van der Waals surface area (Å²) in [6.45, 7) is 3.88. The van der Waals surface area contributed by atoms with Gasteiger partial charge in [0, 0.05) is 0 Å². The molecule has 0 aromatic rings. The standard InChI is InChI=1S/C15H30N2O3/c1-3-4-5-6-7-8-9-10-11-12(2)15(17,13(16)18)14(19)20/h12H,3-11,17H2,1-2H3,(H2,16,18)(H,19,20). The molecule has 0 heterocycles. The van der Waals surface area contributed by atoms with Gasteiger partial charge >= 0.3 is 5.97 Å². The molecule has 2 unspecified atom stereocenters. The fraction of sp³-hybridized carbons (Fsp3) is 0.867. The van der Waals surface area contributed by atoms with Gasteiger partial charge in [-0.2, -0.15) is 0 Å². The van der Waals surface area contributed by atoms with Crippen LogP contribution in [0.2, 0.25) is 0 Å². The Morgan fingerprint density at radius 2 is 1.50 bits per heavy atom. The van der Waals surface area contributed by atoms with Crippen molar-refractivity contribution in [1.82, 2.24) is 0 Å². The molecule has 0 saturated carbocycles. The average molecular weight is 286 g/mol. The third kappa shape index (κ3) is 5.90. The minimum atomic E-state index is -1.94. The Morgan fingerprint density at radius 1 is 1.05 bits per heavy atom. The average Bonchev–Trinajstić information content (AvgIpc) is 2.39. The number of nitrogens with two attached hydrogens (primary N) is 2. The molecule has 1 amide bonds. The predicted octanol–water partition coefficient (Wildman–Crippen LogP) is 2.42. The lowest BCUT2D eigenvalue weighted by atomic mass is 9.82. The largest absolute Gasteiger partial charge is 0.479 e. The molecule has 0 saturated heterocycles. The van der Waals surface area contributed by atoms with Crippen molar-refractivity contribution < 1.29 is 14.7 Å². The maximum atomic E-state index is 11.3. The summed E-state index contributed by atoms with van der Waals surface area (Å²) in [6, 6.07) is 0. The maximum absolute atomic E-state index is 11.3. The van der Waals surface area contributed by atoms with Crippen LogP contribution in [-0.4, -0.2) is 22.5 Å². The molecule has 0 aromatic carbocycles. The third-order valence-corrected chi connectivity index (χ3v) is 4.03. The topological polar surface area (TPSA) is 106 Å². The molecule has 0 aromatic heterocycles. The van der Waals surface area contributed by atoms with E-state index in [2.05, 4.69) is 6.92 Å². The summed E-state index contributed by atoms with van der Waals surface area (Å²) in [5.41, 5.74) is 8.83. The van der Waals surface area contributed by atoms with Crippen molar-refractivity contribution in [1.29, 1.82) is 0 Å². The van der Waals surface area contributed by atoms with Gasteiger partial charge in [-0.15, -0.1) is 0 Å². The second-order valence-corrected chi connectivity index (χ2v) is 5.70. The number of hydrogen-bond donors (Lipinski definition) is 3. The summed E-state index contributed by atoms with van der Waals surface area (Å²) in [6.07, 6.45) is 10.0. The van der Waals surface area contributed by atoms with E-state index in [9.17, 15) is 9.59 Å². The highest BCUT2D eigenvalue weighted by Gasteiger charge is 2.45. The number of unbranched alkanes of at least 4 members (excludes halogenated alkanes) is 7. The summed E-state index contributed by atoms with van der Waals surface area (Å²) in [5.74, 6) is -2.74. The Labute approximate surface area is 122 Å². The van der Waals surface area contributed by atoms with Crippen molar-refractivity contribution in [3.8, 4) is 0 Å². The summed E-state index contributed by atoms with van der Waals surface area (Å²) in [7, 11) is 0. The number of carbonyl (C=O) groups is 2. The van der Waals surface area contributed by atoms with Crippen LogP contribution in [0.5, 0.6) is 0 Å². The lowest BCUT2D eigenvalue weighted by Gasteiger charge is -2.27. The third-order valence-electron chi connectivity index (χ3n) is 4.03. The number of hydrogen-bond acceptors (Lipinski definition) is 3. The highest BCUT2D eigenvalue weighted by Crippen LogP contribution is 2.22. The van der Waals surface area contributed by atoms with Crippen molar-refractivity contribution >= 4 is 11.9 Å². The molecule has 0 bridgehead atoms. The molecule has 5 heteroatoms. The van der Waals surface area contributed by atoms with Gasteiger partial charge in [-0.3, -0.25) is 4.79 Å². The summed E-state index contributed by atoms with van der Waals surface area (Å²) in [5, 5.41) is 9.07. The Balaban J connectivity index is 3.90. The Morgan fingerprint density at radius 3 is 1.90 bits per heavy atom. The molecule has 0 rings (SSSR count). The Kier molecular flexibility index (Phi) is 9.21. The van der Waals surface area contributed by atoms with Crippen molar-refractivity contribution in [3.05, 3.63) is 0 Å². The van der Waals surface area contributed by atoms with Crippen molar-refractivity contribution in [2.45, 2.75) is 77.2 Å². The normalized spacial score (nSPS) is 15.6. The van der Waals surface area contributed by atoms with Crippen molar-refractivity contribution in [3.63, 3.8) is 0 Å². The van der Waals surface area contributed by atoms with Crippen LogP contribution in [0.3, 0.4) is 0 Å². The first kappa shape index (κ1) is 18.9. The molecule has 0 aliphatic carbocycles. The number of amides is 1. The quantitative estimate of drug-likeness (QED) is 0.378. The van der Waals surface area contributed by atoms with Gasteiger partial charge in [0.05, 0.1) is 0 Å². The molecule has 5 nitrogen and oxygen atoms in total. The minimum absolute atomic E-state index is 0.447. The summed E-state index contributed by atoms with van der Waals surface area (Å²) >= 11 is 0. The molecule has 2 atom stereocenters. The first-order valence-corrected chi connectivity index (χ1v) is 7.69. The first-order chi connectivity index (χ1) is 9.37. The van der Waals surface area contributed by atoms with Crippen LogP contribution >= 0.6 is 0 Å². The van der Waals surface area contributed by atoms with Crippen molar-refractivity contribution in [2.24, 2.45) is 17.4 Å². The molecule has 118 valence electrons. The monoisotopic (exact) mass is 286 g/mol. The SMILES string of the molecule is CCCCCCCCCCC(C)C(N)(C(N)=O)C(=O)O. The van der Waals surface area contributed by atoms with Gasteiger partial charge in [0.2, 0.25) is 5.91 Å². The highest BCUT2D eigenvalue weighted by atomic mass is 16.4. The molecule has 20 heavy (non-hydrogen) atoms. The molecule has 0 aliphatic heterocycles. The van der Waals surface area contributed by atoms with Crippen LogP contribution in [0, 0.1) is 5.92 Å². The van der Waals surface area contributed by atoms with Crippen LogP contribution in [0.15, 0.2) is 0 Å². The molecule has 0 spiro atoms. The van der Waals surface area contributed by atoms with Crippen molar-refractivity contribution in [2.75, 3.05) is 0 Å². The number of primary amides is 1. The van der Waals surface area contributed by atoms with E-state index < -0.39 is 23.3 Å². The Bertz CT molecular complexity index is 291. The van der Waals surface area contributed by atoms with E-state index >= 15 is 0 Å². The van der Waals surface area contributed by atoms with Crippen LogP contribution < -0.4 is 11.5 Å². The second-order valence-electron chi connectivity index (χ2n) is 5.70. The number of carbonyl (C=O) groups excluding carboxylic acids is 1. The van der Waals surface area contributed by atoms with Crippen LogP contribution in [0.25, 0.3) is 0 Å². The molecule has 5 N–H and O–H groups in total. The highest BCUT2D eigenvalue weighted by molar-refractivity contribution is 6.06. The lowest BCUT2D eigenvalue weighted by molar-refractivity contribution is -0.150. The smallest absolute Gasteiger partial charge is 0.333 e. The minimum Gasteiger partial charge on any atom is -0.479 e. The van der Waals surface area contributed by atoms with Gasteiger partial charge in [-0.1, -0.05) is 65.2 Å². The van der Waals surface area contributed by atoms with Gasteiger partial charge in [0.25, 0.3) is 0 Å². The van der Waals surface area contributed by atoms with E-state index in [1.165, 1.54) is 32.1 Å². The van der Waals surface area contributed by atoms with Gasteiger partial charge in [0.1, 0.15) is 0 Å². The molecule has 0 aliphatic rings. The number of carboxylic acid groups (broad SMARTS) is 1. The molecular weight excluding hydrogens is 256 g/mol. The van der Waals surface area contributed by atoms with Gasteiger partial charge in [-0.05, 0) is 12.3 Å². The zero-order valence-corrected chi connectivity index (χ0v) is 12.9. The molecular formula is C15H30N2O3. The van der Waals surface area contributed by atoms with E-state index in [0.717, 1.165) is 19.3 Å². The van der Waals surface area contributed by atoms with E-state index in [0.29, 0.717) is 6.42 Å². The van der Waals surface area contributed by atoms with Crippen LogP contribution in [-0.2, 0) is 9.59 Å². The Hall–Kier alpha value is -1.10. The number of aliphatic carboxylic acids is 1. The lowest BCUT2D eigenvalue weighted by Crippen LogP contribution is -2.62. The zero-order valence-electron chi connectivity index (χ0n) is 12.9. The first-order valence-electron chi connectivity index (χ1n) is 7.69. The van der Waals surface area contributed by atoms with E-state index in [1.807, 2.05) is 0 Å².